The third-order valence-corrected chi connectivity index (χ3v) is 15.7. The molecule has 0 bridgehead atoms. The van der Waals surface area contributed by atoms with Crippen molar-refractivity contribution < 1.29 is 76.7 Å². The summed E-state index contributed by atoms with van der Waals surface area (Å²) in [6.07, 6.45) is 30.7. The van der Waals surface area contributed by atoms with E-state index < -0.39 is 30.0 Å². The summed E-state index contributed by atoms with van der Waals surface area (Å²) in [5.74, 6) is 41.4. The largest absolute Gasteiger partial charge is 0.337 e. The molecule has 1 fully saturated rings. The van der Waals surface area contributed by atoms with Crippen LogP contribution < -0.4 is 135 Å². The predicted octanol–water partition coefficient (Wildman–Crippen LogP) is -2.29. The van der Waals surface area contributed by atoms with Gasteiger partial charge in [-0.3, -0.25) is 121 Å². The highest BCUT2D eigenvalue weighted by Crippen LogP contribution is 2.24. The molecule has 1 aliphatic rings. The van der Waals surface area contributed by atoms with Crippen molar-refractivity contribution in [2.75, 3.05) is 45.8 Å². The van der Waals surface area contributed by atoms with Crippen molar-refractivity contribution in [3.05, 3.63) is 35.4 Å². The summed E-state index contributed by atoms with van der Waals surface area (Å²) < 4.78 is 0. The molecule has 2 rings (SSSR count). The number of ketones is 5. The summed E-state index contributed by atoms with van der Waals surface area (Å²) in [7, 11) is 0. The van der Waals surface area contributed by atoms with Gasteiger partial charge in [0.25, 0.3) is 11.8 Å². The number of hydrogen-bond acceptors (Lipinski definition) is 30. The smallest absolute Gasteiger partial charge is 0.324 e. The Morgan fingerprint density at radius 3 is 0.872 bits per heavy atom. The molecule has 1 atom stereocenters. The average Bonchev–Trinajstić information content (AvgIpc) is 1.64. The van der Waals surface area contributed by atoms with Gasteiger partial charge in [-0.25, -0.2) is 67.0 Å². The highest BCUT2D eigenvalue weighted by Gasteiger charge is 2.46. The maximum Gasteiger partial charge on any atom is 0.337 e. The van der Waals surface area contributed by atoms with Crippen molar-refractivity contribution in [1.29, 1.82) is 0 Å². The summed E-state index contributed by atoms with van der Waals surface area (Å²) in [6.45, 7) is 3.69. The molecule has 0 spiro atoms. The normalized spacial score (nSPS) is 11.5. The Morgan fingerprint density at radius 2 is 0.587 bits per heavy atom. The molecule has 42 heteroatoms. The Bertz CT molecular complexity index is 2620. The average molecular weight is 1560 g/mol. The van der Waals surface area contributed by atoms with Crippen molar-refractivity contribution in [2.24, 2.45) is 87.2 Å². The van der Waals surface area contributed by atoms with Crippen LogP contribution in [0, 0.1) is 5.92 Å². The quantitative estimate of drug-likeness (QED) is 0.00815. The first-order valence-electron chi connectivity index (χ1n) is 36.6. The van der Waals surface area contributed by atoms with E-state index >= 15 is 0 Å². The zero-order valence-corrected chi connectivity index (χ0v) is 64.0. The molecule has 1 aliphatic heterocycles. The number of amides is 14. The monoisotopic (exact) mass is 1560 g/mol. The van der Waals surface area contributed by atoms with Gasteiger partial charge in [0.2, 0.25) is 35.4 Å². The first kappa shape index (κ1) is 109. The molecule has 1 heterocycles. The second-order valence-electron chi connectivity index (χ2n) is 24.8. The van der Waals surface area contributed by atoms with Crippen molar-refractivity contribution >= 4 is 94.3 Å². The second-order valence-corrected chi connectivity index (χ2v) is 24.8. The molecule has 1 unspecified atom stereocenters. The predicted molar refractivity (Wildman–Crippen MR) is 410 cm³/mol. The number of benzene rings is 1. The summed E-state index contributed by atoms with van der Waals surface area (Å²) in [5.41, 5.74) is 44.4. The zero-order valence-electron chi connectivity index (χ0n) is 64.0. The molecule has 0 saturated carbocycles. The standard InChI is InChI=1S/C20H42N4O2.C14H24N4O4.C10H22N4O2.C9H11N3O2.C7H15N3O2.C5H11N3O2.C2H7N5O2/c21-23-19(25)17-15-13-11-9-7-5-3-1-2-4-6-8-10-12-14-16-18-20(26)24-22;1-9(2)12-13(21)18(6-4-11(20)8-16)14(22)17(12)5-3-10(19)7-15;11-13-9(15)7-5-3-1-2-4-6-8-10(16)14-12;10-5-8(13)6-1-3-7(4-2-6)9(14)12-11;8-5-6(11)3-1-2-4-7(12)10-9;6-3-4(9)1-2-5(10)8-7;3-6-1(8)5-2(9)7-4/h1-18,21-22H2,(H,23,25)(H,24,26);9,12H,3-8,15-16H2,1-2H3;1-8,11-12H2,(H,13,15)(H,14,16);1-4H,5,10-11H2,(H,12,14);1-5,8-9H2,(H,10,12);1-3,6-7H2,(H,8,10);3-4H2,(H3,5,6,7,8,9). The molecule has 1 aromatic rings. The van der Waals surface area contributed by atoms with Gasteiger partial charge in [0.15, 0.2) is 5.78 Å². The van der Waals surface area contributed by atoms with Gasteiger partial charge in [0.05, 0.1) is 32.7 Å². The van der Waals surface area contributed by atoms with Gasteiger partial charge in [-0.05, 0) is 56.6 Å². The molecule has 1 aromatic carbocycles. The Kier molecular flexibility index (Phi) is 75.5. The van der Waals surface area contributed by atoms with E-state index in [-0.39, 0.29) is 148 Å². The molecule has 0 aliphatic carbocycles. The fourth-order valence-electron chi connectivity index (χ4n) is 9.44. The zero-order chi connectivity index (χ0) is 83.6. The fourth-order valence-corrected chi connectivity index (χ4v) is 9.44. The van der Waals surface area contributed by atoms with E-state index in [1.807, 2.05) is 30.1 Å². The molecular formula is C67H132N26O16. The molecule has 0 aromatic heterocycles. The van der Waals surface area contributed by atoms with Crippen LogP contribution in [0.5, 0.6) is 0 Å². The van der Waals surface area contributed by atoms with Crippen LogP contribution in [0.1, 0.15) is 253 Å². The Morgan fingerprint density at radius 1 is 0.321 bits per heavy atom. The van der Waals surface area contributed by atoms with Crippen LogP contribution in [-0.2, 0) is 52.7 Å². The molecule has 1 saturated heterocycles. The van der Waals surface area contributed by atoms with Crippen molar-refractivity contribution in [3.63, 3.8) is 0 Å². The number of imide groups is 2. The van der Waals surface area contributed by atoms with Crippen LogP contribution in [0.2, 0.25) is 0 Å². The van der Waals surface area contributed by atoms with E-state index in [4.69, 9.17) is 69.6 Å². The second kappa shape index (κ2) is 75.8. The van der Waals surface area contributed by atoms with Gasteiger partial charge < -0.3 is 33.6 Å². The number of urea groups is 3. The van der Waals surface area contributed by atoms with Gasteiger partial charge in [0, 0.05) is 88.4 Å². The fraction of sp³-hybridized carbons (Fsp3) is 0.672. The molecule has 14 amide bonds. The van der Waals surface area contributed by atoms with Gasteiger partial charge in [-0.1, -0.05) is 142 Å². The van der Waals surface area contributed by atoms with Crippen LogP contribution in [0.25, 0.3) is 0 Å². The van der Waals surface area contributed by atoms with Gasteiger partial charge >= 0.3 is 18.1 Å². The number of hydrazine groups is 9. The van der Waals surface area contributed by atoms with Crippen LogP contribution in [0.3, 0.4) is 0 Å². The number of nitrogen functional groups attached to an aromatic ring is 1. The lowest BCUT2D eigenvalue weighted by Gasteiger charge is -2.24. The minimum Gasteiger partial charge on any atom is -0.324 e. The molecule has 38 N–H and O–H groups in total. The maximum atomic E-state index is 12.4. The topological polar surface area (TPSA) is 764 Å². The number of rotatable bonds is 50. The van der Waals surface area contributed by atoms with E-state index in [1.165, 1.54) is 94.1 Å². The molecule has 0 radical (unpaired) electrons. The Labute approximate surface area is 639 Å². The summed E-state index contributed by atoms with van der Waals surface area (Å²) in [5, 5.41) is 1.73. The lowest BCUT2D eigenvalue weighted by molar-refractivity contribution is -0.130. The number of hydrogen-bond donors (Lipinski definition) is 24. The molecule has 626 valence electrons. The number of carbonyl (C=O) groups excluding carboxylic acids is 16. The Hall–Kier alpha value is -9.02. The van der Waals surface area contributed by atoms with Crippen LogP contribution in [0.15, 0.2) is 24.3 Å². The van der Waals surface area contributed by atoms with Crippen LogP contribution in [-0.4, -0.2) is 156 Å². The van der Waals surface area contributed by atoms with Gasteiger partial charge in [-0.2, -0.15) is 0 Å². The van der Waals surface area contributed by atoms with Crippen molar-refractivity contribution in [3.8, 4) is 0 Å². The van der Waals surface area contributed by atoms with E-state index in [0.29, 0.717) is 62.5 Å². The van der Waals surface area contributed by atoms with Crippen LogP contribution >= 0.6 is 0 Å². The number of carbonyl (C=O) groups is 16. The van der Waals surface area contributed by atoms with E-state index in [2.05, 4.69) is 33.4 Å². The van der Waals surface area contributed by atoms with E-state index in [9.17, 15) is 76.7 Å². The Balaban J connectivity index is -0.000000398. The first-order valence-corrected chi connectivity index (χ1v) is 36.6. The number of nitrogens with two attached hydrogens (primary N) is 14. The molecule has 42 nitrogen and oxygen atoms in total. The highest BCUT2D eigenvalue weighted by atomic mass is 16.2. The minimum atomic E-state index is -0.821. The summed E-state index contributed by atoms with van der Waals surface area (Å²) >= 11 is 0. The number of nitrogens with one attached hydrogen (secondary N) is 10. The number of nitrogens with zero attached hydrogens (tertiary/aromatic N) is 2. The van der Waals surface area contributed by atoms with E-state index in [1.54, 1.807) is 28.3 Å². The maximum absolute atomic E-state index is 12.4. The summed E-state index contributed by atoms with van der Waals surface area (Å²) in [4.78, 5) is 178. The van der Waals surface area contributed by atoms with Crippen molar-refractivity contribution in [1.82, 2.24) is 63.9 Å². The third kappa shape index (κ3) is 65.8. The first-order chi connectivity index (χ1) is 52.0. The number of Topliss-reactive ketones (excluding diaryl/α,β-unsaturated/α-hetero) is 5. The third-order valence-electron chi connectivity index (χ3n) is 15.7. The lowest BCUT2D eigenvalue weighted by atomic mass is 10.0. The van der Waals surface area contributed by atoms with E-state index in [0.717, 1.165) is 69.1 Å². The van der Waals surface area contributed by atoms with Crippen LogP contribution in [0.4, 0.5) is 14.4 Å². The SMILES string of the molecule is CC(C)C1C(=O)N(CCC(=O)CN)C(=O)N1CCC(=O)CN.NCC(=O)CCC(=O)NN.NCC(=O)CCCCC(=O)NN.NCC(=O)c1ccc(C(=O)NN)cc1.NNC(=O)CCCCCCCCC(=O)NN.NNC(=O)CCCCCCCCCCCCCCCCCCC(=O)NN.NNC(=O)NC(=O)NN. The molecular weight excluding hydrogens is 1420 g/mol. The van der Waals surface area contributed by atoms with Gasteiger partial charge in [0.1, 0.15) is 29.2 Å². The highest BCUT2D eigenvalue weighted by molar-refractivity contribution is 6.05. The lowest BCUT2D eigenvalue weighted by Crippen LogP contribution is -2.49. The van der Waals surface area contributed by atoms with Gasteiger partial charge in [-0.15, -0.1) is 0 Å². The summed E-state index contributed by atoms with van der Waals surface area (Å²) in [6, 6.07) is 3.41. The number of unbranched alkanes of at least 4 members (excludes halogenated alkanes) is 21. The van der Waals surface area contributed by atoms with Crippen molar-refractivity contribution in [2.45, 2.75) is 238 Å². The minimum absolute atomic E-state index is 0.0160. The molecule has 109 heavy (non-hydrogen) atoms.